The van der Waals surface area contributed by atoms with Crippen LogP contribution >= 0.6 is 0 Å². The molecule has 0 rings (SSSR count). The van der Waals surface area contributed by atoms with Gasteiger partial charge in [-0.25, -0.2) is 10.2 Å². The number of carboxylic acid groups (broad SMARTS) is 1. The molecule has 1 unspecified atom stereocenters. The molecular formula is C4H9N3O3. The van der Waals surface area contributed by atoms with Gasteiger partial charge < -0.3 is 10.8 Å². The van der Waals surface area contributed by atoms with Crippen molar-refractivity contribution in [3.8, 4) is 0 Å². The van der Waals surface area contributed by atoms with E-state index in [0.29, 0.717) is 0 Å². The molecule has 5 N–H and O–H groups in total. The van der Waals surface area contributed by atoms with Crippen molar-refractivity contribution in [3.05, 3.63) is 0 Å². The van der Waals surface area contributed by atoms with E-state index in [1.54, 1.807) is 0 Å². The van der Waals surface area contributed by atoms with Crippen molar-refractivity contribution in [2.45, 2.75) is 13.0 Å². The summed E-state index contributed by atoms with van der Waals surface area (Å²) in [6, 6.07) is -1.65. The normalized spacial score (nSPS) is 12.1. The van der Waals surface area contributed by atoms with E-state index in [-0.39, 0.29) is 0 Å². The van der Waals surface area contributed by atoms with Crippen molar-refractivity contribution in [1.29, 1.82) is 0 Å². The zero-order valence-electron chi connectivity index (χ0n) is 5.42. The van der Waals surface area contributed by atoms with E-state index in [1.807, 2.05) is 5.43 Å². The summed E-state index contributed by atoms with van der Waals surface area (Å²) in [6.45, 7) is 1.37. The topological polar surface area (TPSA) is 104 Å². The quantitative estimate of drug-likeness (QED) is 0.370. The van der Waals surface area contributed by atoms with Gasteiger partial charge in [0.2, 0.25) is 0 Å². The minimum atomic E-state index is -1.06. The first-order valence-corrected chi connectivity index (χ1v) is 2.58. The van der Waals surface area contributed by atoms with Gasteiger partial charge in [-0.15, -0.1) is 0 Å². The Balaban J connectivity index is 3.49. The van der Waals surface area contributed by atoms with Gasteiger partial charge in [0.15, 0.2) is 0 Å². The second-order valence-corrected chi connectivity index (χ2v) is 1.69. The minimum absolute atomic E-state index is 0.812. The van der Waals surface area contributed by atoms with Crippen molar-refractivity contribution >= 4 is 12.0 Å². The molecule has 0 heterocycles. The minimum Gasteiger partial charge on any atom is -0.480 e. The van der Waals surface area contributed by atoms with E-state index in [2.05, 4.69) is 11.2 Å². The Morgan fingerprint density at radius 3 is 2.40 bits per heavy atom. The van der Waals surface area contributed by atoms with Gasteiger partial charge in [0.1, 0.15) is 6.04 Å². The van der Waals surface area contributed by atoms with Crippen LogP contribution in [0.1, 0.15) is 6.92 Å². The molecule has 6 nitrogen and oxygen atoms in total. The molecule has 0 radical (unpaired) electrons. The van der Waals surface area contributed by atoms with Crippen molar-refractivity contribution in [1.82, 2.24) is 10.9 Å². The van der Waals surface area contributed by atoms with Crippen LogP contribution < -0.4 is 16.6 Å². The van der Waals surface area contributed by atoms with Gasteiger partial charge in [0.05, 0.1) is 0 Å². The number of hydrogen-bond donors (Lipinski definition) is 4. The predicted molar refractivity (Wildman–Crippen MR) is 33.0 cm³/mol. The number of nitrogens with two attached hydrogens (primary N) is 1. The Hall–Kier alpha value is -1.30. The van der Waals surface area contributed by atoms with Crippen LogP contribution in [-0.2, 0) is 4.79 Å². The lowest BCUT2D eigenvalue weighted by atomic mass is 10.4. The van der Waals surface area contributed by atoms with E-state index < -0.39 is 18.0 Å². The molecule has 0 fully saturated rings. The van der Waals surface area contributed by atoms with Gasteiger partial charge in [-0.05, 0) is 6.92 Å². The average Bonchev–Trinajstić information content (AvgIpc) is 1.82. The Bertz CT molecular complexity index is 147. The SMILES string of the molecule is CC(NNC(N)=O)C(=O)O. The van der Waals surface area contributed by atoms with Gasteiger partial charge >= 0.3 is 12.0 Å². The number of hydrogen-bond acceptors (Lipinski definition) is 3. The zero-order chi connectivity index (χ0) is 8.15. The molecule has 2 amide bonds. The summed E-state index contributed by atoms with van der Waals surface area (Å²) in [5.74, 6) is -1.06. The molecule has 0 aliphatic rings. The molecule has 10 heavy (non-hydrogen) atoms. The Morgan fingerprint density at radius 1 is 1.60 bits per heavy atom. The predicted octanol–water partition coefficient (Wildman–Crippen LogP) is -1.37. The number of carbonyl (C=O) groups is 2. The van der Waals surface area contributed by atoms with E-state index in [9.17, 15) is 9.59 Å². The lowest BCUT2D eigenvalue weighted by molar-refractivity contribution is -0.139. The van der Waals surface area contributed by atoms with Gasteiger partial charge in [-0.3, -0.25) is 10.2 Å². The van der Waals surface area contributed by atoms with Crippen LogP contribution in [0.2, 0.25) is 0 Å². The summed E-state index contributed by atoms with van der Waals surface area (Å²) in [5, 5.41) is 8.24. The van der Waals surface area contributed by atoms with Crippen LogP contribution in [0.3, 0.4) is 0 Å². The smallest absolute Gasteiger partial charge is 0.326 e. The first-order chi connectivity index (χ1) is 4.54. The maximum Gasteiger partial charge on any atom is 0.326 e. The molecule has 0 spiro atoms. The second kappa shape index (κ2) is 3.67. The number of urea groups is 1. The highest BCUT2D eigenvalue weighted by Crippen LogP contribution is 1.75. The Labute approximate surface area is 57.4 Å². The largest absolute Gasteiger partial charge is 0.480 e. The summed E-state index contributed by atoms with van der Waals surface area (Å²) in [6.07, 6.45) is 0. The van der Waals surface area contributed by atoms with Gasteiger partial charge in [-0.1, -0.05) is 0 Å². The average molecular weight is 147 g/mol. The molecule has 0 saturated heterocycles. The summed E-state index contributed by atoms with van der Waals surface area (Å²) in [4.78, 5) is 20.0. The molecule has 0 aromatic heterocycles. The van der Waals surface area contributed by atoms with Crippen LogP contribution in [0.5, 0.6) is 0 Å². The van der Waals surface area contributed by atoms with Gasteiger partial charge in [0, 0.05) is 0 Å². The van der Waals surface area contributed by atoms with E-state index in [4.69, 9.17) is 5.11 Å². The lowest BCUT2D eigenvalue weighted by Gasteiger charge is -2.07. The highest BCUT2D eigenvalue weighted by atomic mass is 16.4. The third-order valence-electron chi connectivity index (χ3n) is 0.782. The standard InChI is InChI=1S/C4H9N3O3/c1-2(3(8)9)6-7-4(5)10/h2,6H,1H3,(H,8,9)(H3,5,7,10). The Kier molecular flexibility index (Phi) is 3.20. The van der Waals surface area contributed by atoms with Crippen molar-refractivity contribution < 1.29 is 14.7 Å². The van der Waals surface area contributed by atoms with E-state index in [1.165, 1.54) is 6.92 Å². The van der Waals surface area contributed by atoms with Gasteiger partial charge in [0.25, 0.3) is 0 Å². The molecule has 0 aliphatic heterocycles. The number of nitrogens with one attached hydrogen (secondary N) is 2. The molecule has 58 valence electrons. The number of rotatable bonds is 3. The number of aliphatic carboxylic acids is 1. The van der Waals surface area contributed by atoms with E-state index in [0.717, 1.165) is 0 Å². The molecule has 0 saturated carbocycles. The first kappa shape index (κ1) is 8.70. The van der Waals surface area contributed by atoms with Crippen molar-refractivity contribution in [2.75, 3.05) is 0 Å². The number of hydrazine groups is 1. The molecule has 1 atom stereocenters. The van der Waals surface area contributed by atoms with Crippen LogP contribution in [0.4, 0.5) is 4.79 Å². The summed E-state index contributed by atoms with van der Waals surface area (Å²) < 4.78 is 0. The first-order valence-electron chi connectivity index (χ1n) is 2.58. The fourth-order valence-corrected chi connectivity index (χ4v) is 0.241. The van der Waals surface area contributed by atoms with Crippen LogP contribution in [0.25, 0.3) is 0 Å². The number of amides is 2. The summed E-state index contributed by atoms with van der Waals surface area (Å²) in [5.41, 5.74) is 8.73. The van der Waals surface area contributed by atoms with E-state index >= 15 is 0 Å². The van der Waals surface area contributed by atoms with Crippen LogP contribution in [0, 0.1) is 0 Å². The zero-order valence-corrected chi connectivity index (χ0v) is 5.42. The number of primary amides is 1. The molecule has 0 bridgehead atoms. The lowest BCUT2D eigenvalue weighted by Crippen LogP contribution is -2.48. The third kappa shape index (κ3) is 3.67. The number of carboxylic acids is 1. The number of carbonyl (C=O) groups excluding carboxylic acids is 1. The van der Waals surface area contributed by atoms with Crippen LogP contribution in [-0.4, -0.2) is 23.1 Å². The van der Waals surface area contributed by atoms with Crippen molar-refractivity contribution in [3.63, 3.8) is 0 Å². The fraction of sp³-hybridized carbons (Fsp3) is 0.500. The highest BCUT2D eigenvalue weighted by molar-refractivity contribution is 5.75. The Morgan fingerprint density at radius 2 is 2.10 bits per heavy atom. The van der Waals surface area contributed by atoms with Crippen LogP contribution in [0.15, 0.2) is 0 Å². The molecular weight excluding hydrogens is 138 g/mol. The molecule has 0 aromatic rings. The molecule has 6 heteroatoms. The summed E-state index contributed by atoms with van der Waals surface area (Å²) in [7, 11) is 0. The second-order valence-electron chi connectivity index (χ2n) is 1.69. The maximum atomic E-state index is 10.1. The maximum absolute atomic E-state index is 10.1. The third-order valence-corrected chi connectivity index (χ3v) is 0.782. The molecule has 0 aromatic carbocycles. The summed E-state index contributed by atoms with van der Waals surface area (Å²) >= 11 is 0. The monoisotopic (exact) mass is 147 g/mol. The molecule has 0 aliphatic carbocycles. The van der Waals surface area contributed by atoms with Gasteiger partial charge in [-0.2, -0.15) is 0 Å². The fourth-order valence-electron chi connectivity index (χ4n) is 0.241. The highest BCUT2D eigenvalue weighted by Gasteiger charge is 2.08. The van der Waals surface area contributed by atoms with Crippen molar-refractivity contribution in [2.24, 2.45) is 5.73 Å².